The molecule has 0 amide bonds. The molecule has 1 aliphatic heterocycles. The second kappa shape index (κ2) is 4.70. The molecule has 0 saturated carbocycles. The Hall–Kier alpha value is -0.640. The number of piperazine rings is 1. The van der Waals surface area contributed by atoms with Crippen molar-refractivity contribution in [1.82, 2.24) is 9.62 Å². The van der Waals surface area contributed by atoms with E-state index in [4.69, 9.17) is 5.26 Å². The average Bonchev–Trinajstić information content (AvgIpc) is 2.14. The van der Waals surface area contributed by atoms with Crippen LogP contribution in [0.1, 0.15) is 20.8 Å². The molecule has 0 radical (unpaired) electrons. The molecule has 1 unspecified atom stereocenters. The predicted octanol–water partition coefficient (Wildman–Crippen LogP) is 0.160. The quantitative estimate of drug-likeness (QED) is 0.752. The Balaban J connectivity index is 2.86. The highest BCUT2D eigenvalue weighted by molar-refractivity contribution is 7.89. The Morgan fingerprint density at radius 3 is 2.62 bits per heavy atom. The molecule has 5 nitrogen and oxygen atoms in total. The molecule has 1 N–H and O–H groups in total. The van der Waals surface area contributed by atoms with Gasteiger partial charge in [-0.2, -0.15) is 9.57 Å². The summed E-state index contributed by atoms with van der Waals surface area (Å²) in [5.41, 5.74) is -0.288. The Morgan fingerprint density at radius 1 is 1.50 bits per heavy atom. The number of rotatable bonds is 2. The molecule has 1 saturated heterocycles. The maximum Gasteiger partial charge on any atom is 0.215 e. The second-order valence-corrected chi connectivity index (χ2v) is 7.20. The lowest BCUT2D eigenvalue weighted by Crippen LogP contribution is -2.54. The van der Waals surface area contributed by atoms with Gasteiger partial charge in [-0.3, -0.25) is 0 Å². The molecule has 0 bridgehead atoms. The molecule has 1 rings (SSSR count). The van der Waals surface area contributed by atoms with Gasteiger partial charge in [0.1, 0.15) is 6.04 Å². The maximum atomic E-state index is 12.1. The Labute approximate surface area is 97.5 Å². The molecule has 1 aliphatic rings. The standard InChI is InChI=1S/C10H19N3O2S/c1-10(2,3)8-16(14,15)13-5-4-12-7-9(13)6-11/h9,12H,4-5,7-8H2,1-3H3. The van der Waals surface area contributed by atoms with Gasteiger partial charge in [-0.05, 0) is 5.41 Å². The number of hydrogen-bond acceptors (Lipinski definition) is 4. The summed E-state index contributed by atoms with van der Waals surface area (Å²) in [5.74, 6) is 0.0815. The Morgan fingerprint density at radius 2 is 2.12 bits per heavy atom. The lowest BCUT2D eigenvalue weighted by molar-refractivity contribution is 0.305. The molecule has 92 valence electrons. The molecule has 16 heavy (non-hydrogen) atoms. The van der Waals surface area contributed by atoms with Gasteiger partial charge in [0.15, 0.2) is 0 Å². The monoisotopic (exact) mass is 245 g/mol. The van der Waals surface area contributed by atoms with E-state index < -0.39 is 16.1 Å². The first-order valence-corrected chi connectivity index (χ1v) is 6.97. The molecule has 0 aromatic carbocycles. The van der Waals surface area contributed by atoms with E-state index >= 15 is 0 Å². The minimum absolute atomic E-state index is 0.0815. The third kappa shape index (κ3) is 3.44. The van der Waals surface area contributed by atoms with Crippen molar-refractivity contribution in [2.24, 2.45) is 5.41 Å². The van der Waals surface area contributed by atoms with E-state index in [1.165, 1.54) is 4.31 Å². The molecular formula is C10H19N3O2S. The summed E-state index contributed by atoms with van der Waals surface area (Å²) in [5, 5.41) is 11.9. The van der Waals surface area contributed by atoms with Crippen LogP contribution in [-0.4, -0.2) is 44.2 Å². The zero-order valence-electron chi connectivity index (χ0n) is 10.0. The fourth-order valence-electron chi connectivity index (χ4n) is 1.76. The molecule has 1 atom stereocenters. The van der Waals surface area contributed by atoms with Crippen molar-refractivity contribution in [2.45, 2.75) is 26.8 Å². The molecule has 0 aromatic rings. The molecular weight excluding hydrogens is 226 g/mol. The van der Waals surface area contributed by atoms with Crippen LogP contribution in [-0.2, 0) is 10.0 Å². The zero-order valence-corrected chi connectivity index (χ0v) is 10.8. The van der Waals surface area contributed by atoms with E-state index in [2.05, 4.69) is 5.32 Å². The van der Waals surface area contributed by atoms with Gasteiger partial charge in [-0.15, -0.1) is 0 Å². The number of nitrogens with one attached hydrogen (secondary N) is 1. The van der Waals surface area contributed by atoms with Crippen molar-refractivity contribution < 1.29 is 8.42 Å². The first-order valence-electron chi connectivity index (χ1n) is 5.36. The SMILES string of the molecule is CC(C)(C)CS(=O)(=O)N1CCNCC1C#N. The van der Waals surface area contributed by atoms with Crippen molar-refractivity contribution >= 4 is 10.0 Å². The Bertz CT molecular complexity index is 378. The van der Waals surface area contributed by atoms with Crippen LogP contribution >= 0.6 is 0 Å². The lowest BCUT2D eigenvalue weighted by Gasteiger charge is -2.33. The summed E-state index contributed by atoms with van der Waals surface area (Å²) >= 11 is 0. The number of nitriles is 1. The molecule has 1 heterocycles. The maximum absolute atomic E-state index is 12.1. The van der Waals surface area contributed by atoms with Gasteiger partial charge in [-0.25, -0.2) is 8.42 Å². The fraction of sp³-hybridized carbons (Fsp3) is 0.900. The van der Waals surface area contributed by atoms with Crippen molar-refractivity contribution in [2.75, 3.05) is 25.4 Å². The van der Waals surface area contributed by atoms with E-state index in [1.807, 2.05) is 26.8 Å². The molecule has 0 spiro atoms. The van der Waals surface area contributed by atoms with Crippen molar-refractivity contribution in [3.8, 4) is 6.07 Å². The molecule has 6 heteroatoms. The van der Waals surface area contributed by atoms with Crippen LogP contribution in [0.5, 0.6) is 0 Å². The van der Waals surface area contributed by atoms with Crippen LogP contribution in [0.2, 0.25) is 0 Å². The Kier molecular flexibility index (Phi) is 3.94. The van der Waals surface area contributed by atoms with E-state index in [-0.39, 0.29) is 11.2 Å². The summed E-state index contributed by atoms with van der Waals surface area (Å²) in [6, 6.07) is 1.46. The van der Waals surface area contributed by atoms with Crippen LogP contribution in [0, 0.1) is 16.7 Å². The van der Waals surface area contributed by atoms with E-state index in [1.54, 1.807) is 0 Å². The van der Waals surface area contributed by atoms with Gasteiger partial charge in [0.2, 0.25) is 10.0 Å². The molecule has 0 aromatic heterocycles. The van der Waals surface area contributed by atoms with Crippen LogP contribution < -0.4 is 5.32 Å². The van der Waals surface area contributed by atoms with Crippen molar-refractivity contribution in [1.29, 1.82) is 5.26 Å². The largest absolute Gasteiger partial charge is 0.313 e. The van der Waals surface area contributed by atoms with Crippen molar-refractivity contribution in [3.63, 3.8) is 0 Å². The highest BCUT2D eigenvalue weighted by atomic mass is 32.2. The highest BCUT2D eigenvalue weighted by Gasteiger charge is 2.34. The highest BCUT2D eigenvalue weighted by Crippen LogP contribution is 2.20. The van der Waals surface area contributed by atoms with Gasteiger partial charge < -0.3 is 5.32 Å². The van der Waals surface area contributed by atoms with E-state index in [0.29, 0.717) is 19.6 Å². The van der Waals surface area contributed by atoms with E-state index in [0.717, 1.165) is 0 Å². The first-order chi connectivity index (χ1) is 7.26. The van der Waals surface area contributed by atoms with Gasteiger partial charge in [-0.1, -0.05) is 20.8 Å². The summed E-state index contributed by atoms with van der Waals surface area (Å²) in [6.45, 7) is 7.06. The third-order valence-electron chi connectivity index (χ3n) is 2.32. The van der Waals surface area contributed by atoms with Gasteiger partial charge in [0.25, 0.3) is 0 Å². The normalized spacial score (nSPS) is 24.0. The fourth-order valence-corrected chi connectivity index (χ4v) is 3.90. The number of nitrogens with zero attached hydrogens (tertiary/aromatic N) is 2. The average molecular weight is 245 g/mol. The van der Waals surface area contributed by atoms with Crippen molar-refractivity contribution in [3.05, 3.63) is 0 Å². The second-order valence-electron chi connectivity index (χ2n) is 5.28. The minimum Gasteiger partial charge on any atom is -0.313 e. The van der Waals surface area contributed by atoms with Gasteiger partial charge >= 0.3 is 0 Å². The smallest absolute Gasteiger partial charge is 0.215 e. The zero-order chi connectivity index (χ0) is 12.4. The first kappa shape index (κ1) is 13.4. The van der Waals surface area contributed by atoms with Gasteiger partial charge in [0, 0.05) is 19.6 Å². The molecule has 0 aliphatic carbocycles. The molecule has 1 fully saturated rings. The minimum atomic E-state index is -3.33. The van der Waals surface area contributed by atoms with Gasteiger partial charge in [0.05, 0.1) is 11.8 Å². The van der Waals surface area contributed by atoms with Crippen LogP contribution in [0.15, 0.2) is 0 Å². The summed E-state index contributed by atoms with van der Waals surface area (Å²) in [6.07, 6.45) is 0. The van der Waals surface area contributed by atoms with Crippen LogP contribution in [0.3, 0.4) is 0 Å². The summed E-state index contributed by atoms with van der Waals surface area (Å²) in [7, 11) is -3.33. The summed E-state index contributed by atoms with van der Waals surface area (Å²) < 4.78 is 25.6. The summed E-state index contributed by atoms with van der Waals surface area (Å²) in [4.78, 5) is 0. The number of hydrogen-bond donors (Lipinski definition) is 1. The lowest BCUT2D eigenvalue weighted by atomic mass is 10.0. The number of sulfonamides is 1. The van der Waals surface area contributed by atoms with Crippen LogP contribution in [0.4, 0.5) is 0 Å². The van der Waals surface area contributed by atoms with E-state index in [9.17, 15) is 8.42 Å². The third-order valence-corrected chi connectivity index (χ3v) is 4.70. The van der Waals surface area contributed by atoms with Crippen LogP contribution in [0.25, 0.3) is 0 Å². The topological polar surface area (TPSA) is 73.2 Å². The predicted molar refractivity (Wildman–Crippen MR) is 62.2 cm³/mol.